The average molecular weight is 380 g/mol. The number of likely N-dealkylation sites (N-methyl/N-ethyl adjacent to an activating group) is 1. The van der Waals surface area contributed by atoms with Crippen LogP contribution in [0.1, 0.15) is 25.0 Å². The molecule has 0 radical (unpaired) electrons. The van der Waals surface area contributed by atoms with Gasteiger partial charge in [0.1, 0.15) is 5.70 Å². The third-order valence-electron chi connectivity index (χ3n) is 4.86. The highest BCUT2D eigenvalue weighted by atomic mass is 32.1. The summed E-state index contributed by atoms with van der Waals surface area (Å²) >= 11 is 5.52. The van der Waals surface area contributed by atoms with Crippen LogP contribution >= 0.6 is 12.2 Å². The van der Waals surface area contributed by atoms with E-state index in [0.717, 1.165) is 24.3 Å². The van der Waals surface area contributed by atoms with Gasteiger partial charge in [0.25, 0.3) is 5.91 Å². The van der Waals surface area contributed by atoms with E-state index in [-0.39, 0.29) is 5.91 Å². The van der Waals surface area contributed by atoms with Crippen LogP contribution in [0.5, 0.6) is 0 Å². The van der Waals surface area contributed by atoms with E-state index in [1.807, 2.05) is 54.3 Å². The van der Waals surface area contributed by atoms with E-state index in [9.17, 15) is 4.79 Å². The second-order valence-electron chi connectivity index (χ2n) is 6.61. The second-order valence-corrected chi connectivity index (χ2v) is 6.98. The van der Waals surface area contributed by atoms with Crippen LogP contribution in [-0.4, -0.2) is 36.1 Å². The van der Waals surface area contributed by atoms with Crippen molar-refractivity contribution in [1.82, 2.24) is 4.90 Å². The first-order valence-electron chi connectivity index (χ1n) is 9.21. The Hall–Kier alpha value is -2.66. The second kappa shape index (κ2) is 7.92. The SMILES string of the molecule is CCN(CC)c1ccc(C=C2C(=O)N(C)C(=S)N2c2ccc(C)cc2)cc1. The van der Waals surface area contributed by atoms with Gasteiger partial charge in [-0.15, -0.1) is 0 Å². The van der Waals surface area contributed by atoms with Gasteiger partial charge >= 0.3 is 0 Å². The molecule has 1 saturated heterocycles. The first-order chi connectivity index (χ1) is 13.0. The number of benzene rings is 2. The molecule has 0 aromatic heterocycles. The van der Waals surface area contributed by atoms with Crippen LogP contribution in [0.2, 0.25) is 0 Å². The van der Waals surface area contributed by atoms with E-state index in [4.69, 9.17) is 12.2 Å². The van der Waals surface area contributed by atoms with E-state index >= 15 is 0 Å². The van der Waals surface area contributed by atoms with Crippen LogP contribution in [0, 0.1) is 6.92 Å². The molecule has 3 rings (SSSR count). The fourth-order valence-electron chi connectivity index (χ4n) is 3.21. The van der Waals surface area contributed by atoms with Gasteiger partial charge in [-0.3, -0.25) is 14.6 Å². The van der Waals surface area contributed by atoms with Crippen molar-refractivity contribution in [2.75, 3.05) is 29.9 Å². The summed E-state index contributed by atoms with van der Waals surface area (Å²) < 4.78 is 0. The Morgan fingerprint density at radius 3 is 2.15 bits per heavy atom. The van der Waals surface area contributed by atoms with Crippen molar-refractivity contribution >= 4 is 40.7 Å². The van der Waals surface area contributed by atoms with Crippen molar-refractivity contribution in [3.63, 3.8) is 0 Å². The predicted octanol–water partition coefficient (Wildman–Crippen LogP) is 4.45. The normalized spacial score (nSPS) is 15.8. The van der Waals surface area contributed by atoms with Crippen molar-refractivity contribution in [2.45, 2.75) is 20.8 Å². The zero-order valence-corrected chi connectivity index (χ0v) is 17.1. The van der Waals surface area contributed by atoms with E-state index in [2.05, 4.69) is 30.9 Å². The monoisotopic (exact) mass is 379 g/mol. The van der Waals surface area contributed by atoms with Gasteiger partial charge in [0, 0.05) is 31.5 Å². The lowest BCUT2D eigenvalue weighted by Crippen LogP contribution is -2.29. The minimum Gasteiger partial charge on any atom is -0.372 e. The Kier molecular flexibility index (Phi) is 5.61. The molecule has 1 aliphatic heterocycles. The van der Waals surface area contributed by atoms with Gasteiger partial charge in [0.05, 0.1) is 0 Å². The molecule has 0 unspecified atom stereocenters. The molecule has 4 nitrogen and oxygen atoms in total. The standard InChI is InChI=1S/C22H25N3OS/c1-5-24(6-2)18-13-9-17(10-14-18)15-20-21(26)23(4)22(27)25(20)19-11-7-16(3)8-12-19/h7-15H,5-6H2,1-4H3. The van der Waals surface area contributed by atoms with Crippen LogP contribution in [0.25, 0.3) is 6.08 Å². The van der Waals surface area contributed by atoms with Crippen LogP contribution in [-0.2, 0) is 4.79 Å². The largest absolute Gasteiger partial charge is 0.372 e. The van der Waals surface area contributed by atoms with Gasteiger partial charge in [-0.25, -0.2) is 0 Å². The third-order valence-corrected chi connectivity index (χ3v) is 5.32. The van der Waals surface area contributed by atoms with Crippen LogP contribution in [0.15, 0.2) is 54.2 Å². The Bertz CT molecular complexity index is 867. The number of aryl methyl sites for hydroxylation is 1. The Morgan fingerprint density at radius 2 is 1.59 bits per heavy atom. The molecule has 0 spiro atoms. The molecule has 0 aliphatic carbocycles. The predicted molar refractivity (Wildman–Crippen MR) is 117 cm³/mol. The molecule has 0 atom stereocenters. The first-order valence-corrected chi connectivity index (χ1v) is 9.62. The summed E-state index contributed by atoms with van der Waals surface area (Å²) in [4.78, 5) is 18.4. The first kappa shape index (κ1) is 19.1. The van der Waals surface area contributed by atoms with Gasteiger partial charge in [0.15, 0.2) is 5.11 Å². The third kappa shape index (κ3) is 3.74. The number of anilines is 2. The molecule has 0 N–H and O–H groups in total. The quantitative estimate of drug-likeness (QED) is 0.567. The summed E-state index contributed by atoms with van der Waals surface area (Å²) in [7, 11) is 1.72. The van der Waals surface area contributed by atoms with Crippen molar-refractivity contribution in [1.29, 1.82) is 0 Å². The fraction of sp³-hybridized carbons (Fsp3) is 0.273. The molecule has 0 saturated carbocycles. The van der Waals surface area contributed by atoms with Gasteiger partial charge in [-0.1, -0.05) is 29.8 Å². The zero-order valence-electron chi connectivity index (χ0n) is 16.3. The van der Waals surface area contributed by atoms with Crippen LogP contribution in [0.3, 0.4) is 0 Å². The molecule has 1 heterocycles. The Balaban J connectivity index is 1.97. The maximum atomic E-state index is 12.8. The molecule has 2 aromatic rings. The Labute approximate surface area is 166 Å². The van der Waals surface area contributed by atoms with E-state index in [1.54, 1.807) is 7.05 Å². The lowest BCUT2D eigenvalue weighted by molar-refractivity contribution is -0.121. The Morgan fingerprint density at radius 1 is 1.00 bits per heavy atom. The lowest BCUT2D eigenvalue weighted by Gasteiger charge is -2.21. The smallest absolute Gasteiger partial charge is 0.276 e. The summed E-state index contributed by atoms with van der Waals surface area (Å²) in [5.74, 6) is -0.0894. The van der Waals surface area contributed by atoms with Gasteiger partial charge in [0.2, 0.25) is 0 Å². The summed E-state index contributed by atoms with van der Waals surface area (Å²) in [6.07, 6.45) is 1.91. The van der Waals surface area contributed by atoms with Crippen molar-refractivity contribution in [2.24, 2.45) is 0 Å². The number of carbonyl (C=O) groups is 1. The minimum absolute atomic E-state index is 0.0894. The van der Waals surface area contributed by atoms with Crippen molar-refractivity contribution in [3.8, 4) is 0 Å². The lowest BCUT2D eigenvalue weighted by atomic mass is 10.1. The molecule has 27 heavy (non-hydrogen) atoms. The van der Waals surface area contributed by atoms with Gasteiger partial charge < -0.3 is 4.90 Å². The maximum Gasteiger partial charge on any atom is 0.276 e. The molecular formula is C22H25N3OS. The highest BCUT2D eigenvalue weighted by Gasteiger charge is 2.36. The van der Waals surface area contributed by atoms with Crippen molar-refractivity contribution < 1.29 is 4.79 Å². The van der Waals surface area contributed by atoms with Crippen molar-refractivity contribution in [3.05, 3.63) is 65.4 Å². The molecule has 1 amide bonds. The molecular weight excluding hydrogens is 354 g/mol. The zero-order chi connectivity index (χ0) is 19.6. The molecule has 1 aliphatic rings. The summed E-state index contributed by atoms with van der Waals surface area (Å²) in [5.41, 5.74) is 4.80. The number of thiocarbonyl (C=S) groups is 1. The number of rotatable bonds is 5. The number of hydrogen-bond donors (Lipinski definition) is 0. The summed E-state index contributed by atoms with van der Waals surface area (Å²) in [5, 5.41) is 0.495. The summed E-state index contributed by atoms with van der Waals surface area (Å²) in [6, 6.07) is 16.3. The van der Waals surface area contributed by atoms with Gasteiger partial charge in [-0.05, 0) is 68.9 Å². The average Bonchev–Trinajstić information content (AvgIpc) is 2.89. The maximum absolute atomic E-state index is 12.8. The molecule has 1 fully saturated rings. The highest BCUT2D eigenvalue weighted by molar-refractivity contribution is 7.80. The fourth-order valence-corrected chi connectivity index (χ4v) is 3.49. The highest BCUT2D eigenvalue weighted by Crippen LogP contribution is 2.30. The van der Waals surface area contributed by atoms with E-state index in [0.29, 0.717) is 10.8 Å². The van der Waals surface area contributed by atoms with E-state index < -0.39 is 0 Å². The molecule has 5 heteroatoms. The molecule has 2 aromatic carbocycles. The number of hydrogen-bond acceptors (Lipinski definition) is 3. The number of amides is 1. The van der Waals surface area contributed by atoms with Crippen LogP contribution in [0.4, 0.5) is 11.4 Å². The minimum atomic E-state index is -0.0894. The van der Waals surface area contributed by atoms with Crippen LogP contribution < -0.4 is 9.80 Å². The summed E-state index contributed by atoms with van der Waals surface area (Å²) in [6.45, 7) is 8.27. The number of carbonyl (C=O) groups excluding carboxylic acids is 1. The van der Waals surface area contributed by atoms with E-state index in [1.165, 1.54) is 16.2 Å². The number of nitrogens with zero attached hydrogens (tertiary/aromatic N) is 3. The van der Waals surface area contributed by atoms with Gasteiger partial charge in [-0.2, -0.15) is 0 Å². The topological polar surface area (TPSA) is 26.8 Å². The molecule has 0 bridgehead atoms. The molecule has 140 valence electrons.